The van der Waals surface area contributed by atoms with E-state index in [1.165, 1.54) is 37.1 Å². The molecule has 0 aliphatic rings. The minimum atomic E-state index is -0.419. The summed E-state index contributed by atoms with van der Waals surface area (Å²) in [5, 5.41) is 9.98. The zero-order valence-electron chi connectivity index (χ0n) is 16.2. The summed E-state index contributed by atoms with van der Waals surface area (Å²) in [5.41, 5.74) is 0. The molecule has 0 bridgehead atoms. The summed E-state index contributed by atoms with van der Waals surface area (Å²) in [6.07, 6.45) is 0. The number of rotatable bonds is 1. The molecule has 0 unspecified atom stereocenters. The van der Waals surface area contributed by atoms with Crippen molar-refractivity contribution < 1.29 is 50.7 Å². The maximum Gasteiger partial charge on any atom is 4.00 e. The number of hydrogen-bond acceptors (Lipinski definition) is 0. The molecule has 146 valence electrons. The fraction of sp³-hybridized carbons (Fsp3) is 0. The third-order valence-corrected chi connectivity index (χ3v) is 7.51. The molecule has 0 aliphatic heterocycles. The van der Waals surface area contributed by atoms with Gasteiger partial charge in [0, 0.05) is 10.2 Å². The second kappa shape index (κ2) is 11.1. The minimum absolute atomic E-state index is 0. The number of fused-ring (bicyclic) bond motifs is 4. The Morgan fingerprint density at radius 2 is 1.13 bits per heavy atom. The van der Waals surface area contributed by atoms with Crippen LogP contribution < -0.4 is 24.8 Å². The van der Waals surface area contributed by atoms with Crippen LogP contribution in [0.2, 0.25) is 0 Å². The van der Waals surface area contributed by atoms with E-state index >= 15 is 0 Å². The molecule has 30 heavy (non-hydrogen) atoms. The first-order valence-corrected chi connectivity index (χ1v) is 10.6. The van der Waals surface area contributed by atoms with Crippen molar-refractivity contribution in [3.63, 3.8) is 0 Å². The van der Waals surface area contributed by atoms with Gasteiger partial charge in [0.1, 0.15) is 0 Å². The third-order valence-electron chi connectivity index (χ3n) is 5.00. The average Bonchev–Trinajstić information content (AvgIpc) is 3.46. The van der Waals surface area contributed by atoms with Crippen molar-refractivity contribution in [3.8, 4) is 5.30 Å². The Morgan fingerprint density at radius 1 is 0.600 bits per heavy atom. The molecular weight excluding hydrogens is 593 g/mol. The Balaban J connectivity index is 0.000000356. The van der Waals surface area contributed by atoms with Crippen molar-refractivity contribution in [1.29, 1.82) is 0 Å². The van der Waals surface area contributed by atoms with Crippen molar-refractivity contribution >= 4 is 39.3 Å². The van der Waals surface area contributed by atoms with Crippen LogP contribution >= 0.6 is 7.53 Å². The maximum atomic E-state index is 2.37. The van der Waals surface area contributed by atoms with Crippen LogP contribution in [-0.4, -0.2) is 0 Å². The van der Waals surface area contributed by atoms with Gasteiger partial charge in [-0.15, -0.1) is 35.0 Å². The van der Waals surface area contributed by atoms with Gasteiger partial charge in [0.2, 0.25) is 0 Å². The summed E-state index contributed by atoms with van der Waals surface area (Å²) in [7, 11) is -0.419. The molecule has 0 saturated carbocycles. The van der Waals surface area contributed by atoms with E-state index in [9.17, 15) is 0 Å². The predicted octanol–water partition coefficient (Wildman–Crippen LogP) is 2.25. The van der Waals surface area contributed by atoms with Gasteiger partial charge >= 0.3 is 25.8 Å². The van der Waals surface area contributed by atoms with Crippen LogP contribution in [0.25, 0.3) is 37.1 Å². The fourth-order valence-electron chi connectivity index (χ4n) is 3.78. The van der Waals surface area contributed by atoms with Crippen molar-refractivity contribution in [2.24, 2.45) is 0 Å². The molecular formula is C26H19Cl2HfP. The molecule has 0 N–H and O–H groups in total. The van der Waals surface area contributed by atoms with Crippen LogP contribution in [0.4, 0.5) is 0 Å². The number of halogens is 2. The molecule has 6 rings (SSSR count). The molecule has 0 spiro atoms. The van der Waals surface area contributed by atoms with Gasteiger partial charge < -0.3 is 24.8 Å². The summed E-state index contributed by atoms with van der Waals surface area (Å²) < 4.78 is 0. The van der Waals surface area contributed by atoms with Crippen LogP contribution in [0.1, 0.15) is 0 Å². The number of benzene rings is 3. The van der Waals surface area contributed by atoms with E-state index in [1.54, 1.807) is 0 Å². The fourth-order valence-corrected chi connectivity index (χ4v) is 6.48. The molecule has 0 amide bonds. The monoisotopic (exact) mass is 612 g/mol. The van der Waals surface area contributed by atoms with E-state index in [0.717, 1.165) is 0 Å². The topological polar surface area (TPSA) is 0 Å². The van der Waals surface area contributed by atoms with Gasteiger partial charge in [-0.25, -0.2) is 12.1 Å². The van der Waals surface area contributed by atoms with E-state index in [4.69, 9.17) is 0 Å². The van der Waals surface area contributed by atoms with Crippen molar-refractivity contribution in [3.05, 3.63) is 115 Å². The molecule has 5 aromatic carbocycles. The Kier molecular flexibility index (Phi) is 9.13. The molecule has 0 atom stereocenters. The van der Waals surface area contributed by atoms with Crippen LogP contribution in [0, 0.1) is 0 Å². The largest absolute Gasteiger partial charge is 4.00 e. The van der Waals surface area contributed by atoms with E-state index in [-0.39, 0.29) is 50.7 Å². The molecule has 6 aromatic rings. The van der Waals surface area contributed by atoms with Gasteiger partial charge in [0.15, 0.2) is 0 Å². The second-order valence-electron chi connectivity index (χ2n) is 6.67. The van der Waals surface area contributed by atoms with Gasteiger partial charge in [-0.2, -0.15) is 24.3 Å². The van der Waals surface area contributed by atoms with Crippen LogP contribution in [0.5, 0.6) is 0 Å². The molecule has 0 nitrogen and oxygen atoms in total. The van der Waals surface area contributed by atoms with E-state index in [0.29, 0.717) is 0 Å². The molecule has 1 aromatic heterocycles. The van der Waals surface area contributed by atoms with Crippen LogP contribution in [0.3, 0.4) is 0 Å². The zero-order valence-corrected chi connectivity index (χ0v) is 22.2. The average molecular weight is 612 g/mol. The van der Waals surface area contributed by atoms with E-state index in [2.05, 4.69) is 84.9 Å². The molecule has 1 heterocycles. The molecule has 0 aliphatic carbocycles. The van der Waals surface area contributed by atoms with Gasteiger partial charge in [0.05, 0.1) is 0 Å². The summed E-state index contributed by atoms with van der Waals surface area (Å²) in [5.74, 6) is 0. The SMILES string of the molecule is [Cl-].[Cl-].[Hf+4].c1cc[cH-]c1.c1ccc2[cH-]c(-p3c4ccccc4c4ccccc43)cc2c1. The summed E-state index contributed by atoms with van der Waals surface area (Å²) >= 11 is 0. The van der Waals surface area contributed by atoms with Gasteiger partial charge in [-0.3, -0.25) is 0 Å². The van der Waals surface area contributed by atoms with E-state index < -0.39 is 7.53 Å². The predicted molar refractivity (Wildman–Crippen MR) is 121 cm³/mol. The van der Waals surface area contributed by atoms with E-state index in [1.807, 2.05) is 30.3 Å². The Morgan fingerprint density at radius 3 is 1.67 bits per heavy atom. The summed E-state index contributed by atoms with van der Waals surface area (Å²) in [6.45, 7) is 0. The number of hydrogen-bond donors (Lipinski definition) is 0. The van der Waals surface area contributed by atoms with Crippen molar-refractivity contribution in [2.45, 2.75) is 0 Å². The van der Waals surface area contributed by atoms with Crippen molar-refractivity contribution in [1.82, 2.24) is 0 Å². The Bertz CT molecular complexity index is 1230. The summed E-state index contributed by atoms with van der Waals surface area (Å²) in [6, 6.07) is 41.2. The van der Waals surface area contributed by atoms with Crippen LogP contribution in [0.15, 0.2) is 115 Å². The molecule has 0 saturated heterocycles. The minimum Gasteiger partial charge on any atom is -1.00 e. The Labute approximate surface area is 209 Å². The van der Waals surface area contributed by atoms with Gasteiger partial charge in [-0.05, 0) is 10.8 Å². The first kappa shape index (κ1) is 24.6. The van der Waals surface area contributed by atoms with Crippen LogP contribution in [-0.2, 0) is 25.8 Å². The smallest absolute Gasteiger partial charge is 1.00 e. The van der Waals surface area contributed by atoms with Gasteiger partial charge in [0.25, 0.3) is 0 Å². The standard InChI is InChI=1S/C21H14P.C5H5.2ClH.Hf/c1-2-8-16-14-17(13-15(16)7-1)22-20-11-5-3-9-18(20)19-10-4-6-12-21(19)22;1-2-4-5-3-1;;;/h1-14H;1-5H;2*1H;/q2*-1;;;+4/p-2. The van der Waals surface area contributed by atoms with Crippen molar-refractivity contribution in [2.75, 3.05) is 0 Å². The third kappa shape index (κ3) is 4.66. The Hall–Kier alpha value is -1.63. The first-order chi connectivity index (χ1) is 13.4. The first-order valence-electron chi connectivity index (χ1n) is 9.22. The normalized spacial score (nSPS) is 9.87. The molecule has 0 radical (unpaired) electrons. The molecule has 0 fully saturated rings. The maximum absolute atomic E-state index is 2.37. The summed E-state index contributed by atoms with van der Waals surface area (Å²) in [4.78, 5) is 0. The zero-order chi connectivity index (χ0) is 18.1. The second-order valence-corrected chi connectivity index (χ2v) is 8.83. The quantitative estimate of drug-likeness (QED) is 0.198. The molecule has 4 heteroatoms. The van der Waals surface area contributed by atoms with Gasteiger partial charge in [-0.1, -0.05) is 67.4 Å².